The van der Waals surface area contributed by atoms with Crippen molar-refractivity contribution in [2.75, 3.05) is 32.7 Å². The Morgan fingerprint density at radius 2 is 2.12 bits per heavy atom. The van der Waals surface area contributed by atoms with Crippen molar-refractivity contribution in [1.82, 2.24) is 15.5 Å². The average molecular weight is 354 g/mol. The topological polar surface area (TPSA) is 88.3 Å². The van der Waals surface area contributed by atoms with Crippen molar-refractivity contribution in [3.63, 3.8) is 0 Å². The number of nitrogens with one attached hydrogen (secondary N) is 3. The van der Waals surface area contributed by atoms with Crippen molar-refractivity contribution in [3.05, 3.63) is 54.2 Å². The first-order chi connectivity index (χ1) is 12.7. The molecule has 0 spiro atoms. The van der Waals surface area contributed by atoms with Crippen molar-refractivity contribution >= 4 is 22.5 Å². The second kappa shape index (κ2) is 8.46. The van der Waals surface area contributed by atoms with Crippen molar-refractivity contribution < 1.29 is 14.3 Å². The molecule has 7 heteroatoms. The highest BCUT2D eigenvalue weighted by atomic mass is 16.5. The van der Waals surface area contributed by atoms with E-state index in [0.717, 1.165) is 16.5 Å². The molecule has 1 heterocycles. The molecule has 3 aromatic rings. The van der Waals surface area contributed by atoms with Crippen LogP contribution in [0.2, 0.25) is 0 Å². The Hall–Kier alpha value is -2.90. The molecule has 26 heavy (non-hydrogen) atoms. The molecule has 0 bridgehead atoms. The van der Waals surface area contributed by atoms with E-state index in [4.69, 9.17) is 9.47 Å². The lowest BCUT2D eigenvalue weighted by Crippen LogP contribution is -2.34. The van der Waals surface area contributed by atoms with E-state index in [1.165, 1.54) is 0 Å². The second-order valence-corrected chi connectivity index (χ2v) is 5.82. The lowest BCUT2D eigenvalue weighted by molar-refractivity contribution is -0.118. The maximum Gasteiger partial charge on any atom is 0.246 e. The molecule has 2 aromatic carbocycles. The first-order valence-corrected chi connectivity index (χ1v) is 8.31. The van der Waals surface area contributed by atoms with Gasteiger partial charge in [-0.15, -0.1) is 0 Å². The van der Waals surface area contributed by atoms with E-state index in [2.05, 4.69) is 20.8 Å². The molecule has 0 aliphatic rings. The number of aromatic amines is 1. The number of methoxy groups -OCH3 is 2. The van der Waals surface area contributed by atoms with Gasteiger partial charge < -0.3 is 14.8 Å². The highest BCUT2D eigenvalue weighted by molar-refractivity contribution is 5.97. The summed E-state index contributed by atoms with van der Waals surface area (Å²) in [4.78, 5) is 12.9. The Bertz CT molecular complexity index is 878. The minimum atomic E-state index is -0.528. The number of rotatable bonds is 8. The molecule has 0 fully saturated rings. The number of ether oxygens (including phenoxy) is 2. The summed E-state index contributed by atoms with van der Waals surface area (Å²) in [5.41, 5.74) is 2.46. The number of amides is 1. The van der Waals surface area contributed by atoms with Crippen LogP contribution in [0, 0.1) is 0 Å². The van der Waals surface area contributed by atoms with Crippen molar-refractivity contribution in [2.24, 2.45) is 0 Å². The van der Waals surface area contributed by atoms with Crippen molar-refractivity contribution in [3.8, 4) is 5.75 Å². The number of fused-ring (bicyclic) bond motifs is 1. The molecule has 0 saturated heterocycles. The van der Waals surface area contributed by atoms with Gasteiger partial charge in [-0.05, 0) is 35.9 Å². The van der Waals surface area contributed by atoms with Crippen LogP contribution in [0.3, 0.4) is 0 Å². The highest BCUT2D eigenvalue weighted by Gasteiger charge is 2.21. The number of aromatic nitrogens is 2. The third-order valence-electron chi connectivity index (χ3n) is 4.05. The van der Waals surface area contributed by atoms with Gasteiger partial charge in [0, 0.05) is 24.7 Å². The quantitative estimate of drug-likeness (QED) is 0.541. The fraction of sp³-hybridized carbons (Fsp3) is 0.263. The van der Waals surface area contributed by atoms with E-state index in [9.17, 15) is 4.79 Å². The summed E-state index contributed by atoms with van der Waals surface area (Å²) in [6.45, 7) is 1.06. The lowest BCUT2D eigenvalue weighted by atomic mass is 10.1. The SMILES string of the molecule is COCCNC(C(=O)Nc1ccc2[nH]ncc2c1)c1cccc(OC)c1. The third kappa shape index (κ3) is 4.19. The van der Waals surface area contributed by atoms with Gasteiger partial charge in [0.1, 0.15) is 11.8 Å². The Labute approximate surface area is 151 Å². The summed E-state index contributed by atoms with van der Waals surface area (Å²) >= 11 is 0. The molecule has 0 aliphatic carbocycles. The molecule has 3 rings (SSSR count). The molecule has 0 saturated carbocycles. The van der Waals surface area contributed by atoms with Crippen LogP contribution in [0.4, 0.5) is 5.69 Å². The predicted octanol–water partition coefficient (Wildman–Crippen LogP) is 2.49. The third-order valence-corrected chi connectivity index (χ3v) is 4.05. The van der Waals surface area contributed by atoms with Crippen molar-refractivity contribution in [1.29, 1.82) is 0 Å². The Balaban J connectivity index is 1.80. The first-order valence-electron chi connectivity index (χ1n) is 8.31. The largest absolute Gasteiger partial charge is 0.497 e. The number of carbonyl (C=O) groups is 1. The van der Waals surface area contributed by atoms with Gasteiger partial charge >= 0.3 is 0 Å². The molecule has 1 unspecified atom stereocenters. The number of carbonyl (C=O) groups excluding carboxylic acids is 1. The molecule has 1 aromatic heterocycles. The summed E-state index contributed by atoms with van der Waals surface area (Å²) in [5.74, 6) is 0.547. The van der Waals surface area contributed by atoms with Gasteiger partial charge in [-0.25, -0.2) is 0 Å². The summed E-state index contributed by atoms with van der Waals surface area (Å²) in [7, 11) is 3.23. The van der Waals surface area contributed by atoms with E-state index in [1.54, 1.807) is 20.4 Å². The van der Waals surface area contributed by atoms with Gasteiger partial charge in [0.05, 0.1) is 25.4 Å². The minimum Gasteiger partial charge on any atom is -0.497 e. The number of hydrogen-bond acceptors (Lipinski definition) is 5. The van der Waals surface area contributed by atoms with Crippen LogP contribution in [-0.2, 0) is 9.53 Å². The van der Waals surface area contributed by atoms with Crippen LogP contribution in [0.5, 0.6) is 5.75 Å². The highest BCUT2D eigenvalue weighted by Crippen LogP contribution is 2.22. The van der Waals surface area contributed by atoms with Crippen LogP contribution in [0.1, 0.15) is 11.6 Å². The molecule has 7 nitrogen and oxygen atoms in total. The van der Waals surface area contributed by atoms with E-state index in [1.807, 2.05) is 42.5 Å². The number of anilines is 1. The molecule has 0 aliphatic heterocycles. The van der Waals surface area contributed by atoms with Crippen LogP contribution in [-0.4, -0.2) is 43.5 Å². The van der Waals surface area contributed by atoms with Gasteiger partial charge in [0.15, 0.2) is 0 Å². The molecule has 1 amide bonds. The van der Waals surface area contributed by atoms with Gasteiger partial charge in [-0.2, -0.15) is 5.10 Å². The normalized spacial score (nSPS) is 12.1. The van der Waals surface area contributed by atoms with E-state index >= 15 is 0 Å². The monoisotopic (exact) mass is 354 g/mol. The smallest absolute Gasteiger partial charge is 0.246 e. The molecule has 3 N–H and O–H groups in total. The number of benzene rings is 2. The van der Waals surface area contributed by atoms with Gasteiger partial charge in [-0.1, -0.05) is 12.1 Å². The fourth-order valence-electron chi connectivity index (χ4n) is 2.72. The zero-order valence-electron chi connectivity index (χ0n) is 14.8. The summed E-state index contributed by atoms with van der Waals surface area (Å²) in [5, 5.41) is 14.0. The summed E-state index contributed by atoms with van der Waals surface area (Å²) < 4.78 is 10.4. The van der Waals surface area contributed by atoms with Crippen LogP contribution in [0.15, 0.2) is 48.7 Å². The molecule has 1 atom stereocenters. The number of H-pyrrole nitrogens is 1. The van der Waals surface area contributed by atoms with Crippen molar-refractivity contribution in [2.45, 2.75) is 6.04 Å². The number of nitrogens with zero attached hydrogens (tertiary/aromatic N) is 1. The van der Waals surface area contributed by atoms with Gasteiger partial charge in [-0.3, -0.25) is 15.2 Å². The number of hydrogen-bond donors (Lipinski definition) is 3. The predicted molar refractivity (Wildman–Crippen MR) is 100 cm³/mol. The van der Waals surface area contributed by atoms with E-state index in [-0.39, 0.29) is 5.91 Å². The van der Waals surface area contributed by atoms with Crippen LogP contribution < -0.4 is 15.4 Å². The maximum absolute atomic E-state index is 12.9. The van der Waals surface area contributed by atoms with Crippen LogP contribution in [0.25, 0.3) is 10.9 Å². The maximum atomic E-state index is 12.9. The van der Waals surface area contributed by atoms with E-state index in [0.29, 0.717) is 24.6 Å². The standard InChI is InChI=1S/C19H22N4O3/c1-25-9-8-20-18(13-4-3-5-16(11-13)26-2)19(24)22-15-6-7-17-14(10-15)12-21-23-17/h3-7,10-12,18,20H,8-9H2,1-2H3,(H,21,23)(H,22,24). The Morgan fingerprint density at radius 3 is 2.92 bits per heavy atom. The van der Waals surface area contributed by atoms with E-state index < -0.39 is 6.04 Å². The minimum absolute atomic E-state index is 0.155. The van der Waals surface area contributed by atoms with Gasteiger partial charge in [0.2, 0.25) is 5.91 Å². The molecular weight excluding hydrogens is 332 g/mol. The van der Waals surface area contributed by atoms with Crippen LogP contribution >= 0.6 is 0 Å². The summed E-state index contributed by atoms with van der Waals surface area (Å²) in [6.07, 6.45) is 1.72. The first kappa shape index (κ1) is 17.9. The lowest BCUT2D eigenvalue weighted by Gasteiger charge is -2.19. The van der Waals surface area contributed by atoms with Gasteiger partial charge in [0.25, 0.3) is 0 Å². The molecule has 0 radical (unpaired) electrons. The zero-order valence-corrected chi connectivity index (χ0v) is 14.8. The Kier molecular flexibility index (Phi) is 5.83. The zero-order chi connectivity index (χ0) is 18.4. The molecule has 136 valence electrons. The second-order valence-electron chi connectivity index (χ2n) is 5.82. The summed E-state index contributed by atoms with van der Waals surface area (Å²) in [6, 6.07) is 12.5. The molecular formula is C19H22N4O3. The Morgan fingerprint density at radius 1 is 1.23 bits per heavy atom. The average Bonchev–Trinajstić information content (AvgIpc) is 3.13. The fourth-order valence-corrected chi connectivity index (χ4v) is 2.72.